The lowest BCUT2D eigenvalue weighted by Gasteiger charge is -2.39. The maximum absolute atomic E-state index is 12.6. The van der Waals surface area contributed by atoms with Crippen LogP contribution in [0.15, 0.2) is 24.5 Å². The monoisotopic (exact) mass is 245 g/mol. The van der Waals surface area contributed by atoms with Crippen LogP contribution in [0, 0.1) is 0 Å². The van der Waals surface area contributed by atoms with E-state index in [0.717, 1.165) is 25.7 Å². The van der Waals surface area contributed by atoms with E-state index in [1.807, 2.05) is 6.07 Å². The van der Waals surface area contributed by atoms with Gasteiger partial charge in [0.25, 0.3) is 5.91 Å². The second kappa shape index (κ2) is 4.08. The van der Waals surface area contributed by atoms with E-state index in [9.17, 15) is 9.59 Å². The zero-order valence-corrected chi connectivity index (χ0v) is 10.1. The van der Waals surface area contributed by atoms with Crippen LogP contribution in [-0.4, -0.2) is 28.9 Å². The van der Waals surface area contributed by atoms with Gasteiger partial charge in [-0.1, -0.05) is 12.8 Å². The van der Waals surface area contributed by atoms with Gasteiger partial charge in [0.15, 0.2) is 0 Å². The minimum absolute atomic E-state index is 0.00704. The summed E-state index contributed by atoms with van der Waals surface area (Å²) in [6, 6.07) is 3.59. The summed E-state index contributed by atoms with van der Waals surface area (Å²) in [6.07, 6.45) is 6.75. The van der Waals surface area contributed by atoms with Crippen LogP contribution in [0.4, 0.5) is 5.69 Å². The molecule has 0 unspecified atom stereocenters. The van der Waals surface area contributed by atoms with Crippen molar-refractivity contribution in [2.24, 2.45) is 0 Å². The van der Waals surface area contributed by atoms with Gasteiger partial charge < -0.3 is 5.32 Å². The second-order valence-electron chi connectivity index (χ2n) is 4.94. The molecule has 1 aliphatic heterocycles. The van der Waals surface area contributed by atoms with E-state index in [0.29, 0.717) is 5.69 Å². The minimum atomic E-state index is -0.662. The van der Waals surface area contributed by atoms with Crippen molar-refractivity contribution in [1.29, 1.82) is 0 Å². The van der Waals surface area contributed by atoms with Gasteiger partial charge in [-0.3, -0.25) is 19.5 Å². The Balaban J connectivity index is 1.95. The first-order valence-electron chi connectivity index (χ1n) is 6.24. The highest BCUT2D eigenvalue weighted by Crippen LogP contribution is 2.34. The maximum Gasteiger partial charge on any atom is 0.253 e. The van der Waals surface area contributed by atoms with Gasteiger partial charge >= 0.3 is 0 Å². The number of hydrogen-bond acceptors (Lipinski definition) is 3. The van der Waals surface area contributed by atoms with E-state index in [1.165, 1.54) is 0 Å². The normalized spacial score (nSPS) is 22.3. The van der Waals surface area contributed by atoms with E-state index in [2.05, 4.69) is 10.3 Å². The van der Waals surface area contributed by atoms with Crippen LogP contribution in [-0.2, 0) is 9.59 Å². The number of pyridine rings is 1. The van der Waals surface area contributed by atoms with Gasteiger partial charge in [0.1, 0.15) is 12.1 Å². The third kappa shape index (κ3) is 1.66. The smallest absolute Gasteiger partial charge is 0.253 e. The van der Waals surface area contributed by atoms with E-state index in [4.69, 9.17) is 0 Å². The van der Waals surface area contributed by atoms with Crippen molar-refractivity contribution < 1.29 is 9.59 Å². The van der Waals surface area contributed by atoms with Gasteiger partial charge in [-0.25, -0.2) is 0 Å². The Kier molecular flexibility index (Phi) is 2.54. The van der Waals surface area contributed by atoms with Crippen molar-refractivity contribution in [1.82, 2.24) is 10.3 Å². The van der Waals surface area contributed by atoms with E-state index in [-0.39, 0.29) is 18.4 Å². The van der Waals surface area contributed by atoms with Gasteiger partial charge in [-0.15, -0.1) is 0 Å². The van der Waals surface area contributed by atoms with Gasteiger partial charge in [0, 0.05) is 6.20 Å². The van der Waals surface area contributed by atoms with Gasteiger partial charge in [0.05, 0.1) is 11.9 Å². The lowest BCUT2D eigenvalue weighted by atomic mass is 9.93. The van der Waals surface area contributed by atoms with Crippen molar-refractivity contribution in [2.45, 2.75) is 31.2 Å². The van der Waals surface area contributed by atoms with Crippen LogP contribution in [0.2, 0.25) is 0 Å². The molecule has 1 N–H and O–H groups in total. The Morgan fingerprint density at radius 3 is 2.72 bits per heavy atom. The lowest BCUT2D eigenvalue weighted by molar-refractivity contribution is -0.135. The molecule has 2 aliphatic rings. The third-order valence-corrected chi connectivity index (χ3v) is 3.75. The van der Waals surface area contributed by atoms with Gasteiger partial charge in [-0.05, 0) is 25.0 Å². The Hall–Kier alpha value is -1.91. The standard InChI is InChI=1S/C13H15N3O2/c17-11-9-16(10-4-3-7-14-8-10)12(18)13(15-11)5-1-2-6-13/h3-4,7-8H,1-2,5-6,9H2,(H,15,17). The molecule has 3 rings (SSSR count). The SMILES string of the molecule is O=C1CN(c2cccnc2)C(=O)C2(CCCC2)N1. The highest BCUT2D eigenvalue weighted by Gasteiger charge is 2.48. The summed E-state index contributed by atoms with van der Waals surface area (Å²) in [5.41, 5.74) is 0.0363. The Bertz CT molecular complexity index is 480. The lowest BCUT2D eigenvalue weighted by Crippen LogP contribution is -2.65. The zero-order chi connectivity index (χ0) is 12.6. The molecule has 5 heteroatoms. The van der Waals surface area contributed by atoms with Crippen molar-refractivity contribution in [3.8, 4) is 0 Å². The van der Waals surface area contributed by atoms with E-state index < -0.39 is 5.54 Å². The first-order valence-corrected chi connectivity index (χ1v) is 6.24. The number of aromatic nitrogens is 1. The number of nitrogens with zero attached hydrogens (tertiary/aromatic N) is 2. The van der Waals surface area contributed by atoms with Crippen molar-refractivity contribution in [3.05, 3.63) is 24.5 Å². The Labute approximate surface area is 105 Å². The molecule has 1 spiro atoms. The molecule has 1 saturated carbocycles. The summed E-state index contributed by atoms with van der Waals surface area (Å²) in [5.74, 6) is -0.0760. The summed E-state index contributed by atoms with van der Waals surface area (Å²) in [7, 11) is 0. The minimum Gasteiger partial charge on any atom is -0.340 e. The second-order valence-corrected chi connectivity index (χ2v) is 4.94. The number of piperazine rings is 1. The predicted molar refractivity (Wildman–Crippen MR) is 65.9 cm³/mol. The molecule has 0 bridgehead atoms. The zero-order valence-electron chi connectivity index (χ0n) is 10.1. The summed E-state index contributed by atoms with van der Waals surface area (Å²) in [5, 5.41) is 2.89. The molecule has 1 aliphatic carbocycles. The van der Waals surface area contributed by atoms with Crippen LogP contribution < -0.4 is 10.2 Å². The third-order valence-electron chi connectivity index (χ3n) is 3.75. The Morgan fingerprint density at radius 1 is 1.28 bits per heavy atom. The van der Waals surface area contributed by atoms with Gasteiger partial charge in [-0.2, -0.15) is 0 Å². The fourth-order valence-electron chi connectivity index (χ4n) is 2.87. The van der Waals surface area contributed by atoms with E-state index >= 15 is 0 Å². The largest absolute Gasteiger partial charge is 0.340 e. The summed E-state index contributed by atoms with van der Waals surface area (Å²) >= 11 is 0. The number of nitrogens with one attached hydrogen (secondary N) is 1. The Morgan fingerprint density at radius 2 is 2.06 bits per heavy atom. The molecule has 0 radical (unpaired) electrons. The summed E-state index contributed by atoms with van der Waals surface area (Å²) in [6.45, 7) is 0.0896. The fourth-order valence-corrected chi connectivity index (χ4v) is 2.87. The number of carbonyl (C=O) groups is 2. The van der Waals surface area contributed by atoms with Crippen molar-refractivity contribution in [3.63, 3.8) is 0 Å². The highest BCUT2D eigenvalue weighted by atomic mass is 16.2. The topological polar surface area (TPSA) is 62.3 Å². The van der Waals surface area contributed by atoms with E-state index in [1.54, 1.807) is 23.4 Å². The number of amides is 2. The average Bonchev–Trinajstić information content (AvgIpc) is 2.84. The van der Waals surface area contributed by atoms with Crippen LogP contribution in [0.5, 0.6) is 0 Å². The predicted octanol–water partition coefficient (Wildman–Crippen LogP) is 0.857. The maximum atomic E-state index is 12.6. The van der Waals surface area contributed by atoms with Crippen LogP contribution in [0.25, 0.3) is 0 Å². The number of rotatable bonds is 1. The molecule has 2 fully saturated rings. The molecule has 94 valence electrons. The molecule has 0 atom stereocenters. The number of carbonyl (C=O) groups excluding carboxylic acids is 2. The molecule has 5 nitrogen and oxygen atoms in total. The number of hydrogen-bond donors (Lipinski definition) is 1. The molecule has 18 heavy (non-hydrogen) atoms. The fraction of sp³-hybridized carbons (Fsp3) is 0.462. The molecule has 2 heterocycles. The number of anilines is 1. The molecular weight excluding hydrogens is 230 g/mol. The van der Waals surface area contributed by atoms with Gasteiger partial charge in [0.2, 0.25) is 5.91 Å². The molecule has 1 saturated heterocycles. The molecule has 1 aromatic rings. The average molecular weight is 245 g/mol. The molecular formula is C13H15N3O2. The molecule has 2 amide bonds. The van der Waals surface area contributed by atoms with Crippen molar-refractivity contribution in [2.75, 3.05) is 11.4 Å². The summed E-state index contributed by atoms with van der Waals surface area (Å²) < 4.78 is 0. The molecule has 0 aromatic carbocycles. The quantitative estimate of drug-likeness (QED) is 0.798. The van der Waals surface area contributed by atoms with Crippen LogP contribution in [0.3, 0.4) is 0 Å². The summed E-state index contributed by atoms with van der Waals surface area (Å²) in [4.78, 5) is 30.0. The van der Waals surface area contributed by atoms with Crippen LogP contribution >= 0.6 is 0 Å². The highest BCUT2D eigenvalue weighted by molar-refractivity contribution is 6.09. The first kappa shape index (κ1) is 11.2. The van der Waals surface area contributed by atoms with Crippen LogP contribution in [0.1, 0.15) is 25.7 Å². The first-order chi connectivity index (χ1) is 8.71. The molecule has 1 aromatic heterocycles. The van der Waals surface area contributed by atoms with Crippen molar-refractivity contribution >= 4 is 17.5 Å².